The van der Waals surface area contributed by atoms with Crippen molar-refractivity contribution in [3.8, 4) is 0 Å². The van der Waals surface area contributed by atoms with Gasteiger partial charge in [0.15, 0.2) is 5.96 Å². The normalized spacial score (nSPS) is 17.7. The summed E-state index contributed by atoms with van der Waals surface area (Å²) in [6.45, 7) is 12.4. The van der Waals surface area contributed by atoms with Crippen molar-refractivity contribution in [3.05, 3.63) is 34.0 Å². The third kappa shape index (κ3) is 6.17. The maximum atomic E-state index is 4.87. The first-order valence-corrected chi connectivity index (χ1v) is 10.7. The lowest BCUT2D eigenvalue weighted by Gasteiger charge is -2.21. The van der Waals surface area contributed by atoms with E-state index >= 15 is 0 Å². The smallest absolute Gasteiger partial charge is 0.194 e. The maximum Gasteiger partial charge on any atom is 0.194 e. The number of likely N-dealkylation sites (tertiary alicyclic amines) is 1. The Balaban J connectivity index is 0.00000280. The molecule has 0 amide bonds. The monoisotopic (exact) mass is 516 g/mol. The zero-order valence-electron chi connectivity index (χ0n) is 17.6. The molecule has 1 atom stereocenters. The van der Waals surface area contributed by atoms with Gasteiger partial charge in [-0.2, -0.15) is 5.10 Å². The van der Waals surface area contributed by atoms with Gasteiger partial charge < -0.3 is 10.2 Å². The van der Waals surface area contributed by atoms with Crippen LogP contribution in [-0.2, 0) is 25.4 Å². The highest BCUT2D eigenvalue weighted by Crippen LogP contribution is 2.24. The molecule has 0 saturated carbocycles. The lowest BCUT2D eigenvalue weighted by molar-refractivity contribution is 0.460. The van der Waals surface area contributed by atoms with Crippen molar-refractivity contribution >= 4 is 41.3 Å². The highest BCUT2D eigenvalue weighted by Gasteiger charge is 2.25. The minimum atomic E-state index is 0. The number of halogens is 1. The molecular formula is C20H33IN6S. The highest BCUT2D eigenvalue weighted by molar-refractivity contribution is 14.0. The van der Waals surface area contributed by atoms with E-state index in [1.54, 1.807) is 11.3 Å². The molecule has 0 spiro atoms. The average molecular weight is 516 g/mol. The van der Waals surface area contributed by atoms with Crippen LogP contribution < -0.4 is 5.32 Å². The van der Waals surface area contributed by atoms with Gasteiger partial charge in [0.1, 0.15) is 5.01 Å². The minimum Gasteiger partial charge on any atom is -0.357 e. The van der Waals surface area contributed by atoms with Crippen LogP contribution in [0.15, 0.2) is 22.8 Å². The zero-order valence-corrected chi connectivity index (χ0v) is 20.8. The molecule has 0 radical (unpaired) electrons. The van der Waals surface area contributed by atoms with Crippen LogP contribution in [-0.4, -0.2) is 45.3 Å². The lowest BCUT2D eigenvalue weighted by atomic mass is 9.93. The van der Waals surface area contributed by atoms with Crippen molar-refractivity contribution < 1.29 is 0 Å². The molecule has 0 aromatic carbocycles. The summed E-state index contributed by atoms with van der Waals surface area (Å²) in [4.78, 5) is 12.0. The van der Waals surface area contributed by atoms with Crippen molar-refractivity contribution in [2.75, 3.05) is 19.6 Å². The van der Waals surface area contributed by atoms with Gasteiger partial charge in [-0.3, -0.25) is 4.68 Å². The summed E-state index contributed by atoms with van der Waals surface area (Å²) in [6.07, 6.45) is 6.39. The van der Waals surface area contributed by atoms with Gasteiger partial charge in [-0.1, -0.05) is 20.8 Å². The molecule has 0 bridgehead atoms. The van der Waals surface area contributed by atoms with E-state index in [-0.39, 0.29) is 29.4 Å². The van der Waals surface area contributed by atoms with Gasteiger partial charge >= 0.3 is 0 Å². The number of nitrogens with one attached hydrogen (secondary N) is 1. The molecular weight excluding hydrogens is 483 g/mol. The molecule has 28 heavy (non-hydrogen) atoms. The number of hydrogen-bond acceptors (Lipinski definition) is 4. The third-order valence-electron chi connectivity index (χ3n) is 4.89. The van der Waals surface area contributed by atoms with E-state index in [0.717, 1.165) is 42.7 Å². The average Bonchev–Trinajstić information content (AvgIpc) is 3.32. The summed E-state index contributed by atoms with van der Waals surface area (Å²) in [5, 5.41) is 11.0. The SMILES string of the molecule is CCNC(=NCc1nc(C(C)(C)C)cs1)N1CCC(Cc2cnn(C)c2)C1.I. The number of aromatic nitrogens is 3. The van der Waals surface area contributed by atoms with Gasteiger partial charge in [0, 0.05) is 43.7 Å². The van der Waals surface area contributed by atoms with Crippen LogP contribution >= 0.6 is 35.3 Å². The van der Waals surface area contributed by atoms with E-state index in [0.29, 0.717) is 12.5 Å². The van der Waals surface area contributed by atoms with Crippen LogP contribution in [0.5, 0.6) is 0 Å². The summed E-state index contributed by atoms with van der Waals surface area (Å²) in [5.74, 6) is 1.67. The second-order valence-electron chi connectivity index (χ2n) is 8.37. The summed E-state index contributed by atoms with van der Waals surface area (Å²) in [7, 11) is 1.98. The number of thiazole rings is 1. The van der Waals surface area contributed by atoms with E-state index in [1.807, 2.05) is 17.9 Å². The summed E-state index contributed by atoms with van der Waals surface area (Å²) in [5.41, 5.74) is 2.57. The molecule has 1 fully saturated rings. The second-order valence-corrected chi connectivity index (χ2v) is 9.32. The number of nitrogens with zero attached hydrogens (tertiary/aromatic N) is 5. The molecule has 156 valence electrons. The van der Waals surface area contributed by atoms with E-state index in [2.05, 4.69) is 54.6 Å². The van der Waals surface area contributed by atoms with Gasteiger partial charge in [0.05, 0.1) is 18.4 Å². The van der Waals surface area contributed by atoms with Crippen molar-refractivity contribution in [2.24, 2.45) is 18.0 Å². The Hall–Kier alpha value is -1.16. The largest absolute Gasteiger partial charge is 0.357 e. The molecule has 1 unspecified atom stereocenters. The Bertz CT molecular complexity index is 776. The Morgan fingerprint density at radius 2 is 2.18 bits per heavy atom. The Morgan fingerprint density at radius 1 is 1.39 bits per heavy atom. The molecule has 3 rings (SSSR count). The first-order valence-electron chi connectivity index (χ1n) is 9.81. The number of hydrogen-bond donors (Lipinski definition) is 1. The molecule has 1 aliphatic heterocycles. The van der Waals surface area contributed by atoms with Crippen LogP contribution in [0, 0.1) is 5.92 Å². The number of guanidine groups is 1. The third-order valence-corrected chi connectivity index (χ3v) is 5.72. The fourth-order valence-corrected chi connectivity index (χ4v) is 4.34. The molecule has 1 aliphatic rings. The minimum absolute atomic E-state index is 0. The summed E-state index contributed by atoms with van der Waals surface area (Å²) in [6, 6.07) is 0. The molecule has 1 saturated heterocycles. The van der Waals surface area contributed by atoms with Crippen LogP contribution in [0.25, 0.3) is 0 Å². The Morgan fingerprint density at radius 3 is 2.79 bits per heavy atom. The number of aliphatic imine (C=N–C) groups is 1. The Labute approximate surface area is 189 Å². The van der Waals surface area contributed by atoms with E-state index in [1.165, 1.54) is 12.0 Å². The van der Waals surface area contributed by atoms with Crippen LogP contribution in [0.3, 0.4) is 0 Å². The van der Waals surface area contributed by atoms with Crippen LogP contribution in [0.1, 0.15) is 50.4 Å². The van der Waals surface area contributed by atoms with Crippen molar-refractivity contribution in [2.45, 2.75) is 52.5 Å². The van der Waals surface area contributed by atoms with Crippen molar-refractivity contribution in [1.82, 2.24) is 25.0 Å². The molecule has 3 heterocycles. The number of rotatable bonds is 5. The zero-order chi connectivity index (χ0) is 19.4. The molecule has 0 aliphatic carbocycles. The predicted octanol–water partition coefficient (Wildman–Crippen LogP) is 3.82. The lowest BCUT2D eigenvalue weighted by Crippen LogP contribution is -2.40. The molecule has 2 aromatic rings. The first-order chi connectivity index (χ1) is 12.8. The molecule has 1 N–H and O–H groups in total. The van der Waals surface area contributed by atoms with Gasteiger partial charge in [0.25, 0.3) is 0 Å². The van der Waals surface area contributed by atoms with Gasteiger partial charge in [-0.15, -0.1) is 35.3 Å². The van der Waals surface area contributed by atoms with E-state index in [4.69, 9.17) is 9.98 Å². The highest BCUT2D eigenvalue weighted by atomic mass is 127. The molecule has 2 aromatic heterocycles. The van der Waals surface area contributed by atoms with Crippen molar-refractivity contribution in [1.29, 1.82) is 0 Å². The van der Waals surface area contributed by atoms with E-state index in [9.17, 15) is 0 Å². The fraction of sp³-hybridized carbons (Fsp3) is 0.650. The first kappa shape index (κ1) is 23.1. The second kappa shape index (κ2) is 10.0. The molecule has 8 heteroatoms. The van der Waals surface area contributed by atoms with Crippen molar-refractivity contribution in [3.63, 3.8) is 0 Å². The van der Waals surface area contributed by atoms with Crippen LogP contribution in [0.2, 0.25) is 0 Å². The number of aryl methyl sites for hydroxylation is 1. The van der Waals surface area contributed by atoms with Gasteiger partial charge in [-0.05, 0) is 31.2 Å². The maximum absolute atomic E-state index is 4.87. The van der Waals surface area contributed by atoms with E-state index < -0.39 is 0 Å². The fourth-order valence-electron chi connectivity index (χ4n) is 3.40. The standard InChI is InChI=1S/C20H32N6S.HI/c1-6-21-19(22-11-18-24-17(14-27-18)20(2,3)4)26-8-7-15(13-26)9-16-10-23-25(5)12-16;/h10,12,14-15H,6-9,11,13H2,1-5H3,(H,21,22);1H. The Kier molecular flexibility index (Phi) is 8.30. The summed E-state index contributed by atoms with van der Waals surface area (Å²) < 4.78 is 1.88. The quantitative estimate of drug-likeness (QED) is 0.373. The van der Waals surface area contributed by atoms with Crippen LogP contribution in [0.4, 0.5) is 0 Å². The van der Waals surface area contributed by atoms with Gasteiger partial charge in [-0.25, -0.2) is 9.98 Å². The predicted molar refractivity (Wildman–Crippen MR) is 128 cm³/mol. The van der Waals surface area contributed by atoms with Gasteiger partial charge in [0.2, 0.25) is 0 Å². The topological polar surface area (TPSA) is 58.3 Å². The molecule has 6 nitrogen and oxygen atoms in total. The summed E-state index contributed by atoms with van der Waals surface area (Å²) >= 11 is 1.71.